The molecule has 2 heterocycles. The van der Waals surface area contributed by atoms with Gasteiger partial charge in [0.25, 0.3) is 0 Å². The number of hydrogen-bond acceptors (Lipinski definition) is 5. The summed E-state index contributed by atoms with van der Waals surface area (Å²) < 4.78 is 24.9. The van der Waals surface area contributed by atoms with Crippen LogP contribution in [0.1, 0.15) is 18.6 Å². The zero-order valence-corrected chi connectivity index (χ0v) is 15.0. The van der Waals surface area contributed by atoms with Crippen molar-refractivity contribution < 1.29 is 13.9 Å². The highest BCUT2D eigenvalue weighted by Crippen LogP contribution is 2.28. The molecule has 0 saturated carbocycles. The van der Waals surface area contributed by atoms with Crippen LogP contribution >= 0.6 is 0 Å². The second-order valence-corrected chi connectivity index (χ2v) is 6.50. The Morgan fingerprint density at radius 2 is 1.81 bits per heavy atom. The van der Waals surface area contributed by atoms with E-state index < -0.39 is 0 Å². The second kappa shape index (κ2) is 7.72. The Labute approximate surface area is 157 Å². The second-order valence-electron chi connectivity index (χ2n) is 6.50. The standard InChI is InChI=1S/C21H20FN3O2/c1-15-13-25(14-19(26-15)16-5-3-2-4-6-16)21-23-12-11-20(24-21)27-18-9-7-17(22)8-10-18/h2-12,15,19H,13-14H2,1H3. The van der Waals surface area contributed by atoms with Gasteiger partial charge in [0, 0.05) is 18.8 Å². The minimum Gasteiger partial charge on any atom is -0.439 e. The van der Waals surface area contributed by atoms with Gasteiger partial charge in [-0.1, -0.05) is 30.3 Å². The number of aromatic nitrogens is 2. The maximum atomic E-state index is 13.0. The van der Waals surface area contributed by atoms with Crippen LogP contribution in [-0.4, -0.2) is 29.2 Å². The monoisotopic (exact) mass is 365 g/mol. The molecule has 2 atom stereocenters. The van der Waals surface area contributed by atoms with Crippen LogP contribution in [0.15, 0.2) is 66.9 Å². The van der Waals surface area contributed by atoms with E-state index in [2.05, 4.69) is 27.0 Å². The smallest absolute Gasteiger partial charge is 0.228 e. The Bertz CT molecular complexity index is 889. The van der Waals surface area contributed by atoms with Gasteiger partial charge >= 0.3 is 0 Å². The topological polar surface area (TPSA) is 47.5 Å². The molecule has 0 radical (unpaired) electrons. The van der Waals surface area contributed by atoms with E-state index in [1.165, 1.54) is 12.1 Å². The molecule has 2 aromatic carbocycles. The predicted molar refractivity (Wildman–Crippen MR) is 100 cm³/mol. The molecule has 4 rings (SSSR count). The molecule has 2 unspecified atom stereocenters. The third-order valence-electron chi connectivity index (χ3n) is 4.37. The summed E-state index contributed by atoms with van der Waals surface area (Å²) in [4.78, 5) is 11.0. The molecule has 1 saturated heterocycles. The highest BCUT2D eigenvalue weighted by atomic mass is 19.1. The largest absolute Gasteiger partial charge is 0.439 e. The van der Waals surface area contributed by atoms with Crippen molar-refractivity contribution in [3.8, 4) is 11.6 Å². The Morgan fingerprint density at radius 3 is 2.59 bits per heavy atom. The van der Waals surface area contributed by atoms with Gasteiger partial charge in [-0.25, -0.2) is 9.37 Å². The van der Waals surface area contributed by atoms with Crippen LogP contribution in [0.3, 0.4) is 0 Å². The minimum absolute atomic E-state index is 0.0415. The molecule has 1 aromatic heterocycles. The first-order chi connectivity index (χ1) is 13.2. The molecule has 1 aliphatic heterocycles. The first kappa shape index (κ1) is 17.4. The third-order valence-corrected chi connectivity index (χ3v) is 4.37. The number of anilines is 1. The van der Waals surface area contributed by atoms with E-state index in [9.17, 15) is 4.39 Å². The van der Waals surface area contributed by atoms with Crippen molar-refractivity contribution in [2.45, 2.75) is 19.1 Å². The average Bonchev–Trinajstić information content (AvgIpc) is 2.70. The van der Waals surface area contributed by atoms with Crippen molar-refractivity contribution in [3.63, 3.8) is 0 Å². The SMILES string of the molecule is CC1CN(c2nccc(Oc3ccc(F)cc3)n2)CC(c2ccccc2)O1. The van der Waals surface area contributed by atoms with Crippen LogP contribution in [0.25, 0.3) is 0 Å². The Morgan fingerprint density at radius 1 is 1.04 bits per heavy atom. The Balaban J connectivity index is 1.52. The van der Waals surface area contributed by atoms with Gasteiger partial charge in [-0.05, 0) is 36.8 Å². The molecule has 1 fully saturated rings. The summed E-state index contributed by atoms with van der Waals surface area (Å²) in [5.41, 5.74) is 1.13. The average molecular weight is 365 g/mol. The van der Waals surface area contributed by atoms with Crippen LogP contribution in [-0.2, 0) is 4.74 Å². The summed E-state index contributed by atoms with van der Waals surface area (Å²) in [7, 11) is 0. The zero-order valence-electron chi connectivity index (χ0n) is 15.0. The summed E-state index contributed by atoms with van der Waals surface area (Å²) >= 11 is 0. The van der Waals surface area contributed by atoms with Crippen molar-refractivity contribution in [3.05, 3.63) is 78.2 Å². The molecule has 5 nitrogen and oxygen atoms in total. The van der Waals surface area contributed by atoms with E-state index in [-0.39, 0.29) is 18.0 Å². The van der Waals surface area contributed by atoms with Gasteiger partial charge in [0.15, 0.2) is 0 Å². The normalized spacial score (nSPS) is 19.7. The lowest BCUT2D eigenvalue weighted by Crippen LogP contribution is -2.43. The predicted octanol–water partition coefficient (Wildman–Crippen LogP) is 4.37. The number of ether oxygens (including phenoxy) is 2. The molecule has 138 valence electrons. The molecular formula is C21H20FN3O2. The summed E-state index contributed by atoms with van der Waals surface area (Å²) in [6.45, 7) is 3.40. The molecule has 27 heavy (non-hydrogen) atoms. The van der Waals surface area contributed by atoms with Gasteiger partial charge in [-0.3, -0.25) is 0 Å². The lowest BCUT2D eigenvalue weighted by atomic mass is 10.1. The van der Waals surface area contributed by atoms with E-state index in [0.29, 0.717) is 30.7 Å². The molecule has 3 aromatic rings. The highest BCUT2D eigenvalue weighted by Gasteiger charge is 2.28. The number of halogens is 1. The molecule has 0 aliphatic carbocycles. The lowest BCUT2D eigenvalue weighted by Gasteiger charge is -2.37. The molecule has 0 amide bonds. The number of benzene rings is 2. The van der Waals surface area contributed by atoms with Crippen LogP contribution < -0.4 is 9.64 Å². The summed E-state index contributed by atoms with van der Waals surface area (Å²) in [5.74, 6) is 1.23. The van der Waals surface area contributed by atoms with E-state index in [1.54, 1.807) is 24.4 Å². The van der Waals surface area contributed by atoms with E-state index >= 15 is 0 Å². The number of hydrogen-bond donors (Lipinski definition) is 0. The van der Waals surface area contributed by atoms with Crippen LogP contribution in [0.5, 0.6) is 11.6 Å². The molecule has 0 spiro atoms. The van der Waals surface area contributed by atoms with Gasteiger partial charge in [-0.15, -0.1) is 0 Å². The molecule has 0 N–H and O–H groups in total. The van der Waals surface area contributed by atoms with Crippen molar-refractivity contribution in [1.82, 2.24) is 9.97 Å². The summed E-state index contributed by atoms with van der Waals surface area (Å²) in [5, 5.41) is 0. The van der Waals surface area contributed by atoms with Gasteiger partial charge in [0.05, 0.1) is 12.6 Å². The third kappa shape index (κ3) is 4.23. The first-order valence-corrected chi connectivity index (χ1v) is 8.89. The molecule has 6 heteroatoms. The zero-order chi connectivity index (χ0) is 18.6. The summed E-state index contributed by atoms with van der Waals surface area (Å²) in [6.07, 6.45) is 1.67. The van der Waals surface area contributed by atoms with Crippen molar-refractivity contribution in [2.24, 2.45) is 0 Å². The minimum atomic E-state index is -0.306. The number of rotatable bonds is 4. The maximum Gasteiger partial charge on any atom is 0.228 e. The van der Waals surface area contributed by atoms with Crippen molar-refractivity contribution in [2.75, 3.05) is 18.0 Å². The van der Waals surface area contributed by atoms with E-state index in [1.807, 2.05) is 25.1 Å². The number of morpholine rings is 1. The quantitative estimate of drug-likeness (QED) is 0.687. The van der Waals surface area contributed by atoms with Crippen LogP contribution in [0.2, 0.25) is 0 Å². The fourth-order valence-electron chi connectivity index (χ4n) is 3.13. The Hall–Kier alpha value is -2.99. The van der Waals surface area contributed by atoms with Crippen molar-refractivity contribution >= 4 is 5.95 Å². The van der Waals surface area contributed by atoms with Crippen molar-refractivity contribution in [1.29, 1.82) is 0 Å². The molecule has 1 aliphatic rings. The highest BCUT2D eigenvalue weighted by molar-refractivity contribution is 5.36. The lowest BCUT2D eigenvalue weighted by molar-refractivity contribution is -0.0178. The van der Waals surface area contributed by atoms with E-state index in [4.69, 9.17) is 9.47 Å². The molecule has 0 bridgehead atoms. The maximum absolute atomic E-state index is 13.0. The van der Waals surface area contributed by atoms with Gasteiger partial charge in [0.1, 0.15) is 17.7 Å². The van der Waals surface area contributed by atoms with Crippen LogP contribution in [0.4, 0.5) is 10.3 Å². The molecular weight excluding hydrogens is 345 g/mol. The summed E-state index contributed by atoms with van der Waals surface area (Å²) in [6, 6.07) is 17.7. The fraction of sp³-hybridized carbons (Fsp3) is 0.238. The van der Waals surface area contributed by atoms with Crippen LogP contribution in [0, 0.1) is 5.82 Å². The fourth-order valence-corrected chi connectivity index (χ4v) is 3.13. The van der Waals surface area contributed by atoms with Gasteiger partial charge in [-0.2, -0.15) is 4.98 Å². The first-order valence-electron chi connectivity index (χ1n) is 8.89. The van der Waals surface area contributed by atoms with E-state index in [0.717, 1.165) is 5.56 Å². The van der Waals surface area contributed by atoms with Gasteiger partial charge < -0.3 is 14.4 Å². The Kier molecular flexibility index (Phi) is 4.98. The van der Waals surface area contributed by atoms with Gasteiger partial charge in [0.2, 0.25) is 11.8 Å². The number of nitrogens with zero attached hydrogens (tertiary/aromatic N) is 3.